The molecule has 0 heterocycles. The van der Waals surface area contributed by atoms with Gasteiger partial charge in [0.15, 0.2) is 11.5 Å². The fourth-order valence-electron chi connectivity index (χ4n) is 2.61. The van der Waals surface area contributed by atoms with Crippen LogP contribution in [-0.2, 0) is 22.4 Å². The van der Waals surface area contributed by atoms with E-state index >= 15 is 0 Å². The highest BCUT2D eigenvalue weighted by Gasteiger charge is 2.20. The minimum Gasteiger partial charge on any atom is -0.493 e. The van der Waals surface area contributed by atoms with Crippen molar-refractivity contribution in [2.24, 2.45) is 0 Å². The van der Waals surface area contributed by atoms with Gasteiger partial charge in [-0.2, -0.15) is 0 Å². The number of hydrogen-bond donors (Lipinski definition) is 2. The summed E-state index contributed by atoms with van der Waals surface area (Å²) < 4.78 is 10.4. The van der Waals surface area contributed by atoms with Crippen molar-refractivity contribution in [1.29, 1.82) is 0 Å². The van der Waals surface area contributed by atoms with Gasteiger partial charge in [-0.3, -0.25) is 4.79 Å². The lowest BCUT2D eigenvalue weighted by atomic mass is 10.1. The van der Waals surface area contributed by atoms with E-state index in [9.17, 15) is 14.7 Å². The standard InChI is InChI=1S/C20H23NO5/c1-25-17-10-8-15(13-18(17)26-2)9-11-19(22)21-16(20(23)24)12-14-6-4-3-5-7-14/h3-8,10,13,16H,9,11-12H2,1-2H3,(H,21,22)(H,23,24)/t16-/m0/s1. The van der Waals surface area contributed by atoms with Crippen LogP contribution in [0.5, 0.6) is 11.5 Å². The Morgan fingerprint density at radius 2 is 1.69 bits per heavy atom. The first-order chi connectivity index (χ1) is 12.5. The predicted octanol–water partition coefficient (Wildman–Crippen LogP) is 2.45. The number of aliphatic carboxylic acids is 1. The highest BCUT2D eigenvalue weighted by atomic mass is 16.5. The zero-order valence-electron chi connectivity index (χ0n) is 14.9. The number of benzene rings is 2. The zero-order valence-corrected chi connectivity index (χ0v) is 14.9. The summed E-state index contributed by atoms with van der Waals surface area (Å²) in [7, 11) is 3.11. The van der Waals surface area contributed by atoms with Gasteiger partial charge < -0.3 is 19.9 Å². The topological polar surface area (TPSA) is 84.9 Å². The van der Waals surface area contributed by atoms with Crippen LogP contribution in [0.15, 0.2) is 48.5 Å². The summed E-state index contributed by atoms with van der Waals surface area (Å²) in [5.41, 5.74) is 1.77. The van der Waals surface area contributed by atoms with E-state index in [1.165, 1.54) is 0 Å². The smallest absolute Gasteiger partial charge is 0.326 e. The quantitative estimate of drug-likeness (QED) is 0.720. The number of carboxylic acids is 1. The first-order valence-corrected chi connectivity index (χ1v) is 8.30. The predicted molar refractivity (Wildman–Crippen MR) is 97.6 cm³/mol. The van der Waals surface area contributed by atoms with Crippen LogP contribution < -0.4 is 14.8 Å². The number of methoxy groups -OCH3 is 2. The molecule has 0 saturated heterocycles. The summed E-state index contributed by atoms with van der Waals surface area (Å²) in [4.78, 5) is 23.6. The minimum absolute atomic E-state index is 0.189. The third-order valence-corrected chi connectivity index (χ3v) is 4.00. The second-order valence-electron chi connectivity index (χ2n) is 5.84. The van der Waals surface area contributed by atoms with E-state index in [1.54, 1.807) is 20.3 Å². The Morgan fingerprint density at radius 1 is 1.00 bits per heavy atom. The lowest BCUT2D eigenvalue weighted by Crippen LogP contribution is -2.42. The van der Waals surface area contributed by atoms with Gasteiger partial charge in [0.25, 0.3) is 0 Å². The molecular formula is C20H23NO5. The Labute approximate surface area is 152 Å². The third-order valence-electron chi connectivity index (χ3n) is 4.00. The molecule has 0 aliphatic carbocycles. The molecule has 0 fully saturated rings. The molecule has 0 spiro atoms. The SMILES string of the molecule is COc1ccc(CCC(=O)N[C@@H](Cc2ccccc2)C(=O)O)cc1OC. The van der Waals surface area contributed by atoms with Crippen LogP contribution in [0.2, 0.25) is 0 Å². The number of rotatable bonds is 9. The van der Waals surface area contributed by atoms with Crippen molar-refractivity contribution >= 4 is 11.9 Å². The first-order valence-electron chi connectivity index (χ1n) is 8.30. The summed E-state index contributed by atoms with van der Waals surface area (Å²) in [6.07, 6.45) is 0.913. The van der Waals surface area contributed by atoms with Crippen LogP contribution in [0.1, 0.15) is 17.5 Å². The number of carbonyl (C=O) groups is 2. The van der Waals surface area contributed by atoms with Crippen molar-refractivity contribution in [3.05, 3.63) is 59.7 Å². The Morgan fingerprint density at radius 3 is 2.31 bits per heavy atom. The van der Waals surface area contributed by atoms with Crippen LogP contribution in [-0.4, -0.2) is 37.2 Å². The second kappa shape index (κ2) is 9.46. The van der Waals surface area contributed by atoms with Crippen LogP contribution in [0.4, 0.5) is 0 Å². The maximum atomic E-state index is 12.2. The highest BCUT2D eigenvalue weighted by molar-refractivity contribution is 5.83. The molecule has 6 nitrogen and oxygen atoms in total. The van der Waals surface area contributed by atoms with Crippen LogP contribution in [0.25, 0.3) is 0 Å². The van der Waals surface area contributed by atoms with E-state index in [1.807, 2.05) is 42.5 Å². The number of carbonyl (C=O) groups excluding carboxylic acids is 1. The van der Waals surface area contributed by atoms with Crippen LogP contribution in [0.3, 0.4) is 0 Å². The van der Waals surface area contributed by atoms with Gasteiger partial charge in [0.05, 0.1) is 14.2 Å². The van der Waals surface area contributed by atoms with E-state index in [0.29, 0.717) is 17.9 Å². The van der Waals surface area contributed by atoms with E-state index in [4.69, 9.17) is 9.47 Å². The van der Waals surface area contributed by atoms with Gasteiger partial charge in [-0.25, -0.2) is 4.79 Å². The fraction of sp³-hybridized carbons (Fsp3) is 0.300. The fourth-order valence-corrected chi connectivity index (χ4v) is 2.61. The van der Waals surface area contributed by atoms with Crippen molar-refractivity contribution in [1.82, 2.24) is 5.32 Å². The zero-order chi connectivity index (χ0) is 18.9. The summed E-state index contributed by atoms with van der Waals surface area (Å²) >= 11 is 0. The molecule has 2 rings (SSSR count). The average molecular weight is 357 g/mol. The van der Waals surface area contributed by atoms with Crippen molar-refractivity contribution in [3.63, 3.8) is 0 Å². The average Bonchev–Trinajstić information content (AvgIpc) is 2.66. The maximum absolute atomic E-state index is 12.2. The van der Waals surface area contributed by atoms with Crippen LogP contribution in [0, 0.1) is 0 Å². The molecule has 1 amide bonds. The van der Waals surface area contributed by atoms with Crippen molar-refractivity contribution in [2.45, 2.75) is 25.3 Å². The normalized spacial score (nSPS) is 11.5. The Hall–Kier alpha value is -3.02. The van der Waals surface area contributed by atoms with E-state index in [0.717, 1.165) is 11.1 Å². The molecule has 0 aliphatic heterocycles. The molecule has 2 N–H and O–H groups in total. The number of hydrogen-bond acceptors (Lipinski definition) is 4. The molecule has 0 bridgehead atoms. The van der Waals surface area contributed by atoms with Gasteiger partial charge in [0.1, 0.15) is 6.04 Å². The summed E-state index contributed by atoms with van der Waals surface area (Å²) in [6, 6.07) is 13.7. The highest BCUT2D eigenvalue weighted by Crippen LogP contribution is 2.27. The van der Waals surface area contributed by atoms with Crippen molar-refractivity contribution in [3.8, 4) is 11.5 Å². The lowest BCUT2D eigenvalue weighted by Gasteiger charge is -2.15. The molecule has 1 atom stereocenters. The monoisotopic (exact) mass is 357 g/mol. The summed E-state index contributed by atoms with van der Waals surface area (Å²) in [5, 5.41) is 11.9. The number of amides is 1. The van der Waals surface area contributed by atoms with Gasteiger partial charge in [0.2, 0.25) is 5.91 Å². The molecule has 0 unspecified atom stereocenters. The van der Waals surface area contributed by atoms with E-state index in [2.05, 4.69) is 5.32 Å². The largest absolute Gasteiger partial charge is 0.493 e. The molecule has 2 aromatic carbocycles. The Bertz CT molecular complexity index is 745. The number of ether oxygens (including phenoxy) is 2. The van der Waals surface area contributed by atoms with Crippen LogP contribution >= 0.6 is 0 Å². The molecule has 26 heavy (non-hydrogen) atoms. The molecular weight excluding hydrogens is 334 g/mol. The number of aryl methyl sites for hydroxylation is 1. The molecule has 0 aliphatic rings. The van der Waals surface area contributed by atoms with Gasteiger partial charge in [-0.1, -0.05) is 36.4 Å². The van der Waals surface area contributed by atoms with Gasteiger partial charge in [0, 0.05) is 12.8 Å². The Balaban J connectivity index is 1.93. The number of carboxylic acid groups (broad SMARTS) is 1. The first kappa shape index (κ1) is 19.3. The van der Waals surface area contributed by atoms with Gasteiger partial charge in [-0.05, 0) is 29.7 Å². The van der Waals surface area contributed by atoms with E-state index in [-0.39, 0.29) is 18.7 Å². The maximum Gasteiger partial charge on any atom is 0.326 e. The van der Waals surface area contributed by atoms with Gasteiger partial charge >= 0.3 is 5.97 Å². The Kier molecular flexibility index (Phi) is 7.02. The molecule has 2 aromatic rings. The van der Waals surface area contributed by atoms with E-state index < -0.39 is 12.0 Å². The number of nitrogens with one attached hydrogen (secondary N) is 1. The summed E-state index contributed by atoms with van der Waals surface area (Å²) in [6.45, 7) is 0. The molecule has 0 saturated carbocycles. The molecule has 0 radical (unpaired) electrons. The molecule has 138 valence electrons. The van der Waals surface area contributed by atoms with Crippen molar-refractivity contribution < 1.29 is 24.2 Å². The minimum atomic E-state index is -1.05. The summed E-state index contributed by atoms with van der Waals surface area (Å²) in [5.74, 6) is -0.135. The molecule has 6 heteroatoms. The van der Waals surface area contributed by atoms with Gasteiger partial charge in [-0.15, -0.1) is 0 Å². The second-order valence-corrected chi connectivity index (χ2v) is 5.84. The lowest BCUT2D eigenvalue weighted by molar-refractivity contribution is -0.141. The van der Waals surface area contributed by atoms with Crippen molar-refractivity contribution in [2.75, 3.05) is 14.2 Å². The third kappa shape index (κ3) is 5.51. The molecule has 0 aromatic heterocycles.